The smallest absolute Gasteiger partial charge is 0.223 e. The minimum atomic E-state index is 0.243. The van der Waals surface area contributed by atoms with Crippen molar-refractivity contribution >= 4 is 5.91 Å². The summed E-state index contributed by atoms with van der Waals surface area (Å²) in [6.07, 6.45) is 8.67. The van der Waals surface area contributed by atoms with E-state index in [-0.39, 0.29) is 5.54 Å². The van der Waals surface area contributed by atoms with E-state index in [0.717, 1.165) is 52.2 Å². The number of nitrogens with one attached hydrogen (secondary N) is 2. The molecule has 4 aliphatic rings. The molecule has 5 nitrogen and oxygen atoms in total. The first kappa shape index (κ1) is 16.8. The molecule has 0 bridgehead atoms. The molecule has 2 aliphatic carbocycles. The normalized spacial score (nSPS) is 32.8. The maximum Gasteiger partial charge on any atom is 0.223 e. The van der Waals surface area contributed by atoms with Crippen molar-refractivity contribution < 1.29 is 4.79 Å². The lowest BCUT2D eigenvalue weighted by molar-refractivity contribution is -0.124. The summed E-state index contributed by atoms with van der Waals surface area (Å²) in [5.74, 6) is 0.642. The van der Waals surface area contributed by atoms with Gasteiger partial charge >= 0.3 is 0 Å². The summed E-state index contributed by atoms with van der Waals surface area (Å²) in [7, 11) is 2.21. The highest BCUT2D eigenvalue weighted by Gasteiger charge is 2.57. The molecule has 24 heavy (non-hydrogen) atoms. The van der Waals surface area contributed by atoms with Gasteiger partial charge in [0.05, 0.1) is 0 Å². The Morgan fingerprint density at radius 1 is 1.08 bits per heavy atom. The summed E-state index contributed by atoms with van der Waals surface area (Å²) in [4.78, 5) is 17.9. The van der Waals surface area contributed by atoms with Crippen LogP contribution < -0.4 is 10.6 Å². The zero-order chi connectivity index (χ0) is 16.6. The lowest BCUT2D eigenvalue weighted by atomic mass is 9.91. The van der Waals surface area contributed by atoms with Crippen molar-refractivity contribution in [3.8, 4) is 0 Å². The minimum Gasteiger partial charge on any atom is -0.354 e. The van der Waals surface area contributed by atoms with Crippen LogP contribution in [0.5, 0.6) is 0 Å². The molecule has 2 saturated heterocycles. The SMILES string of the molecule is CN1CCN(C2(CNC(=O)[C@@H]3CC34CCNCC4)CCCC2)CC1. The van der Waals surface area contributed by atoms with Crippen molar-refractivity contribution in [2.24, 2.45) is 11.3 Å². The molecule has 2 N–H and O–H groups in total. The Morgan fingerprint density at radius 3 is 2.42 bits per heavy atom. The van der Waals surface area contributed by atoms with Crippen LogP contribution in [0.4, 0.5) is 0 Å². The van der Waals surface area contributed by atoms with Crippen LogP contribution in [0.2, 0.25) is 0 Å². The zero-order valence-electron chi connectivity index (χ0n) is 15.3. The van der Waals surface area contributed by atoms with Gasteiger partial charge < -0.3 is 15.5 Å². The van der Waals surface area contributed by atoms with Crippen LogP contribution in [0.3, 0.4) is 0 Å². The number of likely N-dealkylation sites (N-methyl/N-ethyl adjacent to an activating group) is 1. The first-order chi connectivity index (χ1) is 11.6. The van der Waals surface area contributed by atoms with Crippen LogP contribution in [0.25, 0.3) is 0 Å². The quantitative estimate of drug-likeness (QED) is 0.807. The van der Waals surface area contributed by atoms with Gasteiger partial charge in [-0.25, -0.2) is 0 Å². The summed E-state index contributed by atoms with van der Waals surface area (Å²) in [5, 5.41) is 6.82. The maximum absolute atomic E-state index is 12.8. The Labute approximate surface area is 146 Å². The van der Waals surface area contributed by atoms with E-state index in [4.69, 9.17) is 0 Å². The molecular weight excluding hydrogens is 300 g/mol. The molecule has 2 saturated carbocycles. The summed E-state index contributed by atoms with van der Waals surface area (Å²) >= 11 is 0. The van der Waals surface area contributed by atoms with Crippen LogP contribution in [-0.2, 0) is 4.79 Å². The molecule has 136 valence electrons. The average Bonchev–Trinajstić information content (AvgIpc) is 3.07. The third-order valence-corrected chi connectivity index (χ3v) is 7.41. The van der Waals surface area contributed by atoms with Crippen molar-refractivity contribution in [3.63, 3.8) is 0 Å². The van der Waals surface area contributed by atoms with E-state index < -0.39 is 0 Å². The second-order valence-electron chi connectivity index (χ2n) is 8.81. The topological polar surface area (TPSA) is 47.6 Å². The van der Waals surface area contributed by atoms with Crippen molar-refractivity contribution in [1.29, 1.82) is 0 Å². The fourth-order valence-electron chi connectivity index (χ4n) is 5.49. The molecule has 2 heterocycles. The number of hydrogen-bond donors (Lipinski definition) is 2. The summed E-state index contributed by atoms with van der Waals surface area (Å²) < 4.78 is 0. The maximum atomic E-state index is 12.8. The van der Waals surface area contributed by atoms with Gasteiger partial charge in [-0.3, -0.25) is 9.69 Å². The van der Waals surface area contributed by atoms with E-state index in [2.05, 4.69) is 27.5 Å². The van der Waals surface area contributed by atoms with Crippen molar-refractivity contribution in [3.05, 3.63) is 0 Å². The van der Waals surface area contributed by atoms with Crippen LogP contribution in [0, 0.1) is 11.3 Å². The van der Waals surface area contributed by atoms with E-state index in [1.165, 1.54) is 38.5 Å². The minimum absolute atomic E-state index is 0.243. The summed E-state index contributed by atoms with van der Waals surface area (Å²) in [5.41, 5.74) is 0.596. The molecule has 0 aromatic carbocycles. The van der Waals surface area contributed by atoms with Crippen LogP contribution in [0.15, 0.2) is 0 Å². The number of carbonyl (C=O) groups is 1. The zero-order valence-corrected chi connectivity index (χ0v) is 15.3. The van der Waals surface area contributed by atoms with Crippen LogP contribution in [0.1, 0.15) is 44.9 Å². The summed E-state index contributed by atoms with van der Waals surface area (Å²) in [6, 6.07) is 0. The Morgan fingerprint density at radius 2 is 1.75 bits per heavy atom. The molecule has 0 aromatic rings. The van der Waals surface area contributed by atoms with E-state index in [1.54, 1.807) is 0 Å². The first-order valence-electron chi connectivity index (χ1n) is 10.1. The molecule has 1 amide bonds. The molecule has 4 rings (SSSR count). The van der Waals surface area contributed by atoms with Gasteiger partial charge in [0.1, 0.15) is 0 Å². The third-order valence-electron chi connectivity index (χ3n) is 7.41. The van der Waals surface area contributed by atoms with Gasteiger partial charge in [-0.05, 0) is 57.7 Å². The van der Waals surface area contributed by atoms with Gasteiger partial charge in [0, 0.05) is 44.2 Å². The van der Waals surface area contributed by atoms with Crippen molar-refractivity contribution in [2.45, 2.75) is 50.5 Å². The second kappa shape index (κ2) is 6.58. The monoisotopic (exact) mass is 334 g/mol. The first-order valence-corrected chi connectivity index (χ1v) is 10.1. The number of amides is 1. The number of piperidine rings is 1. The molecule has 2 aliphatic heterocycles. The van der Waals surface area contributed by atoms with Gasteiger partial charge in [-0.2, -0.15) is 0 Å². The number of carbonyl (C=O) groups excluding carboxylic acids is 1. The molecule has 1 spiro atoms. The Kier molecular flexibility index (Phi) is 4.61. The fourth-order valence-corrected chi connectivity index (χ4v) is 5.49. The summed E-state index contributed by atoms with van der Waals surface area (Å²) in [6.45, 7) is 7.70. The molecule has 0 radical (unpaired) electrons. The lowest BCUT2D eigenvalue weighted by Crippen LogP contribution is -2.59. The highest BCUT2D eigenvalue weighted by molar-refractivity contribution is 5.82. The number of hydrogen-bond acceptors (Lipinski definition) is 4. The highest BCUT2D eigenvalue weighted by atomic mass is 16.2. The third kappa shape index (κ3) is 3.11. The van der Waals surface area contributed by atoms with Crippen molar-refractivity contribution in [1.82, 2.24) is 20.4 Å². The van der Waals surface area contributed by atoms with Crippen LogP contribution >= 0.6 is 0 Å². The Balaban J connectivity index is 1.33. The highest BCUT2D eigenvalue weighted by Crippen LogP contribution is 2.58. The molecule has 1 atom stereocenters. The van der Waals surface area contributed by atoms with E-state index in [1.807, 2.05) is 0 Å². The van der Waals surface area contributed by atoms with Gasteiger partial charge in [0.15, 0.2) is 0 Å². The second-order valence-corrected chi connectivity index (χ2v) is 8.81. The molecule has 0 unspecified atom stereocenters. The van der Waals surface area contributed by atoms with Gasteiger partial charge in [-0.1, -0.05) is 12.8 Å². The van der Waals surface area contributed by atoms with Gasteiger partial charge in [0.2, 0.25) is 5.91 Å². The predicted octanol–water partition coefficient (Wildman–Crippen LogP) is 1.05. The standard InChI is InChI=1S/C19H34N4O/c1-22-10-12-23(13-11-22)19(4-2-3-5-19)15-21-17(24)16-14-18(16)6-8-20-9-7-18/h16,20H,2-15H2,1H3,(H,21,24)/t16-/m0/s1. The van der Waals surface area contributed by atoms with Gasteiger partial charge in [-0.15, -0.1) is 0 Å². The number of piperazine rings is 1. The Bertz CT molecular complexity index is 460. The van der Waals surface area contributed by atoms with E-state index in [0.29, 0.717) is 17.2 Å². The molecular formula is C19H34N4O. The number of rotatable bonds is 4. The van der Waals surface area contributed by atoms with E-state index in [9.17, 15) is 4.79 Å². The fraction of sp³-hybridized carbons (Fsp3) is 0.947. The molecule has 0 aromatic heterocycles. The average molecular weight is 335 g/mol. The van der Waals surface area contributed by atoms with Gasteiger partial charge in [0.25, 0.3) is 0 Å². The predicted molar refractivity (Wildman–Crippen MR) is 95.9 cm³/mol. The lowest BCUT2D eigenvalue weighted by Gasteiger charge is -2.45. The molecule has 5 heteroatoms. The van der Waals surface area contributed by atoms with Crippen LogP contribution in [-0.4, -0.2) is 74.1 Å². The number of nitrogens with zero attached hydrogens (tertiary/aromatic N) is 2. The largest absolute Gasteiger partial charge is 0.354 e. The van der Waals surface area contributed by atoms with Crippen molar-refractivity contribution in [2.75, 3.05) is 52.9 Å². The van der Waals surface area contributed by atoms with E-state index >= 15 is 0 Å². The molecule has 4 fully saturated rings. The Hall–Kier alpha value is -0.650.